The van der Waals surface area contributed by atoms with Gasteiger partial charge in [-0.3, -0.25) is 0 Å². The van der Waals surface area contributed by atoms with Crippen molar-refractivity contribution < 1.29 is 8.78 Å². The van der Waals surface area contributed by atoms with Gasteiger partial charge in [0.1, 0.15) is 11.6 Å². The average molecular weight is 295 g/mol. The minimum absolute atomic E-state index is 0.393. The van der Waals surface area contributed by atoms with Crippen LogP contribution in [0.5, 0.6) is 0 Å². The standard InChI is InChI=1S/C18H27F2N/c1-3-13-5-6-15(12-21-4-2)16(9-13)10-14-7-8-17(19)11-18(14)20/h7-8,11,13,15-16,21H,3-6,9-10,12H2,1-2H3. The Balaban J connectivity index is 2.07. The SMILES string of the molecule is CCNCC1CCC(CC)CC1Cc1ccc(F)cc1F. The molecular formula is C18H27F2N. The Labute approximate surface area is 127 Å². The third kappa shape index (κ3) is 4.50. The molecule has 1 aromatic carbocycles. The van der Waals surface area contributed by atoms with E-state index in [4.69, 9.17) is 0 Å². The fourth-order valence-electron chi connectivity index (χ4n) is 3.61. The molecule has 1 aromatic rings. The first-order chi connectivity index (χ1) is 10.1. The predicted octanol–water partition coefficient (Wildman–Crippen LogP) is 4.56. The van der Waals surface area contributed by atoms with Gasteiger partial charge >= 0.3 is 0 Å². The van der Waals surface area contributed by atoms with E-state index in [-0.39, 0.29) is 0 Å². The van der Waals surface area contributed by atoms with E-state index in [2.05, 4.69) is 19.2 Å². The van der Waals surface area contributed by atoms with Crippen LogP contribution in [0, 0.1) is 29.4 Å². The minimum Gasteiger partial charge on any atom is -0.317 e. The van der Waals surface area contributed by atoms with E-state index >= 15 is 0 Å². The maximum Gasteiger partial charge on any atom is 0.129 e. The molecule has 0 spiro atoms. The molecule has 0 heterocycles. The van der Waals surface area contributed by atoms with Crippen LogP contribution in [0.15, 0.2) is 18.2 Å². The van der Waals surface area contributed by atoms with Crippen LogP contribution in [0.25, 0.3) is 0 Å². The summed E-state index contributed by atoms with van der Waals surface area (Å²) in [6.45, 7) is 6.35. The zero-order valence-corrected chi connectivity index (χ0v) is 13.2. The van der Waals surface area contributed by atoms with Gasteiger partial charge in [0.2, 0.25) is 0 Å². The topological polar surface area (TPSA) is 12.0 Å². The van der Waals surface area contributed by atoms with Crippen LogP contribution in [0.4, 0.5) is 8.78 Å². The molecule has 3 unspecified atom stereocenters. The molecule has 0 saturated heterocycles. The van der Waals surface area contributed by atoms with Crippen molar-refractivity contribution in [3.63, 3.8) is 0 Å². The van der Waals surface area contributed by atoms with E-state index < -0.39 is 11.6 Å². The number of halogens is 2. The summed E-state index contributed by atoms with van der Waals surface area (Å²) in [5, 5.41) is 3.44. The Morgan fingerprint density at radius 2 is 1.95 bits per heavy atom. The van der Waals surface area contributed by atoms with Gasteiger partial charge in [-0.25, -0.2) is 8.78 Å². The number of benzene rings is 1. The highest BCUT2D eigenvalue weighted by atomic mass is 19.1. The third-order valence-corrected chi connectivity index (χ3v) is 4.98. The van der Waals surface area contributed by atoms with E-state index in [1.165, 1.54) is 31.7 Å². The molecule has 1 saturated carbocycles. The molecule has 1 aliphatic carbocycles. The van der Waals surface area contributed by atoms with Crippen LogP contribution in [-0.4, -0.2) is 13.1 Å². The van der Waals surface area contributed by atoms with E-state index in [1.807, 2.05) is 0 Å². The summed E-state index contributed by atoms with van der Waals surface area (Å²) in [6.07, 6.45) is 5.62. The molecule has 0 bridgehead atoms. The van der Waals surface area contributed by atoms with Crippen LogP contribution in [0.1, 0.15) is 45.1 Å². The largest absolute Gasteiger partial charge is 0.317 e. The first-order valence-corrected chi connectivity index (χ1v) is 8.28. The second-order valence-electron chi connectivity index (χ2n) is 6.36. The first kappa shape index (κ1) is 16.4. The molecule has 0 aliphatic heterocycles. The van der Waals surface area contributed by atoms with E-state index in [1.54, 1.807) is 6.07 Å². The fraction of sp³-hybridized carbons (Fsp3) is 0.667. The highest BCUT2D eigenvalue weighted by Crippen LogP contribution is 2.37. The second kappa shape index (κ2) is 7.88. The highest BCUT2D eigenvalue weighted by molar-refractivity contribution is 5.19. The molecule has 2 rings (SSSR count). The van der Waals surface area contributed by atoms with Crippen molar-refractivity contribution in [2.75, 3.05) is 13.1 Å². The Bertz CT molecular complexity index is 447. The third-order valence-electron chi connectivity index (χ3n) is 4.98. The fourth-order valence-corrected chi connectivity index (χ4v) is 3.61. The van der Waals surface area contributed by atoms with Crippen molar-refractivity contribution in [2.24, 2.45) is 17.8 Å². The van der Waals surface area contributed by atoms with E-state index in [9.17, 15) is 8.78 Å². The van der Waals surface area contributed by atoms with Gasteiger partial charge in [0.15, 0.2) is 0 Å². The monoisotopic (exact) mass is 295 g/mol. The van der Waals surface area contributed by atoms with Gasteiger partial charge in [0.25, 0.3) is 0 Å². The van der Waals surface area contributed by atoms with Crippen LogP contribution in [-0.2, 0) is 6.42 Å². The van der Waals surface area contributed by atoms with Gasteiger partial charge in [0.05, 0.1) is 0 Å². The molecule has 0 aromatic heterocycles. The van der Waals surface area contributed by atoms with Gasteiger partial charge in [-0.05, 0) is 61.7 Å². The predicted molar refractivity (Wildman–Crippen MR) is 83.2 cm³/mol. The second-order valence-corrected chi connectivity index (χ2v) is 6.36. The molecule has 1 N–H and O–H groups in total. The molecule has 118 valence electrons. The highest BCUT2D eigenvalue weighted by Gasteiger charge is 2.30. The van der Waals surface area contributed by atoms with Crippen LogP contribution in [0.2, 0.25) is 0 Å². The van der Waals surface area contributed by atoms with Crippen LogP contribution in [0.3, 0.4) is 0 Å². The van der Waals surface area contributed by atoms with Crippen molar-refractivity contribution in [1.29, 1.82) is 0 Å². The smallest absolute Gasteiger partial charge is 0.129 e. The summed E-state index contributed by atoms with van der Waals surface area (Å²) < 4.78 is 26.9. The van der Waals surface area contributed by atoms with Gasteiger partial charge in [-0.15, -0.1) is 0 Å². The van der Waals surface area contributed by atoms with Crippen molar-refractivity contribution >= 4 is 0 Å². The van der Waals surface area contributed by atoms with Crippen LogP contribution >= 0.6 is 0 Å². The lowest BCUT2D eigenvalue weighted by molar-refractivity contribution is 0.171. The van der Waals surface area contributed by atoms with Gasteiger partial charge in [-0.1, -0.05) is 32.8 Å². The Morgan fingerprint density at radius 3 is 2.62 bits per heavy atom. The maximum absolute atomic E-state index is 13.9. The molecule has 0 radical (unpaired) electrons. The normalized spacial score (nSPS) is 26.0. The number of rotatable bonds is 6. The Kier molecular flexibility index (Phi) is 6.16. The summed E-state index contributed by atoms with van der Waals surface area (Å²) in [6, 6.07) is 4.00. The zero-order valence-electron chi connectivity index (χ0n) is 13.2. The number of hydrogen-bond acceptors (Lipinski definition) is 1. The zero-order chi connectivity index (χ0) is 15.2. The van der Waals surface area contributed by atoms with Gasteiger partial charge in [0, 0.05) is 6.07 Å². The summed E-state index contributed by atoms with van der Waals surface area (Å²) in [5.41, 5.74) is 0.666. The molecule has 0 amide bonds. The van der Waals surface area contributed by atoms with Crippen LogP contribution < -0.4 is 5.32 Å². The molecule has 1 nitrogen and oxygen atoms in total. The lowest BCUT2D eigenvalue weighted by atomic mass is 9.71. The van der Waals surface area contributed by atoms with Crippen molar-refractivity contribution in [2.45, 2.75) is 46.0 Å². The van der Waals surface area contributed by atoms with E-state index in [0.29, 0.717) is 17.4 Å². The van der Waals surface area contributed by atoms with Crippen molar-refractivity contribution in [1.82, 2.24) is 5.32 Å². The molecule has 1 aliphatic rings. The molecular weight excluding hydrogens is 268 g/mol. The summed E-state index contributed by atoms with van der Waals surface area (Å²) in [7, 11) is 0. The summed E-state index contributed by atoms with van der Waals surface area (Å²) in [4.78, 5) is 0. The molecule has 1 fully saturated rings. The minimum atomic E-state index is -0.490. The first-order valence-electron chi connectivity index (χ1n) is 8.28. The lowest BCUT2D eigenvalue weighted by Gasteiger charge is -2.36. The quantitative estimate of drug-likeness (QED) is 0.811. The van der Waals surface area contributed by atoms with Gasteiger partial charge < -0.3 is 5.32 Å². The van der Waals surface area contributed by atoms with Crippen molar-refractivity contribution in [3.05, 3.63) is 35.4 Å². The molecule has 3 heteroatoms. The number of nitrogens with one attached hydrogen (secondary N) is 1. The van der Waals surface area contributed by atoms with E-state index in [0.717, 1.165) is 31.5 Å². The number of hydrogen-bond donors (Lipinski definition) is 1. The maximum atomic E-state index is 13.9. The van der Waals surface area contributed by atoms with Gasteiger partial charge in [-0.2, -0.15) is 0 Å². The Hall–Kier alpha value is -0.960. The summed E-state index contributed by atoms with van der Waals surface area (Å²) in [5.74, 6) is 0.989. The van der Waals surface area contributed by atoms with Crippen molar-refractivity contribution in [3.8, 4) is 0 Å². The summed E-state index contributed by atoms with van der Waals surface area (Å²) >= 11 is 0. The molecule has 21 heavy (non-hydrogen) atoms. The lowest BCUT2D eigenvalue weighted by Crippen LogP contribution is -2.34. The average Bonchev–Trinajstić information content (AvgIpc) is 2.48. The molecule has 3 atom stereocenters. The Morgan fingerprint density at radius 1 is 1.14 bits per heavy atom.